The number of hydrogen-bond acceptors (Lipinski definition) is 3. The Balaban J connectivity index is 1.80. The van der Waals surface area contributed by atoms with Crippen molar-refractivity contribution >= 4 is 11.6 Å². The summed E-state index contributed by atoms with van der Waals surface area (Å²) in [5, 5.41) is 2.47. The number of carbonyl (C=O) groups is 1. The number of hydrogen-bond donors (Lipinski definition) is 1. The predicted octanol–water partition coefficient (Wildman–Crippen LogP) is 2.94. The Labute approximate surface area is 116 Å². The molecule has 2 aromatic rings. The zero-order chi connectivity index (χ0) is 14.4. The van der Waals surface area contributed by atoms with Gasteiger partial charge in [-0.15, -0.1) is 0 Å². The van der Waals surface area contributed by atoms with Crippen molar-refractivity contribution in [3.8, 4) is 5.75 Å². The summed E-state index contributed by atoms with van der Waals surface area (Å²) in [6.07, 6.45) is 2.62. The Hall–Kier alpha value is -2.43. The van der Waals surface area contributed by atoms with Gasteiger partial charge in [-0.05, 0) is 30.7 Å². The Bertz CT molecular complexity index is 602. The van der Waals surface area contributed by atoms with Gasteiger partial charge >= 0.3 is 0 Å². The third kappa shape index (κ3) is 4.05. The Morgan fingerprint density at radius 1 is 1.40 bits per heavy atom. The minimum absolute atomic E-state index is 0.126. The summed E-state index contributed by atoms with van der Waals surface area (Å²) in [5.41, 5.74) is 1.21. The number of rotatable bonds is 5. The van der Waals surface area contributed by atoms with Crippen molar-refractivity contribution in [2.45, 2.75) is 13.3 Å². The van der Waals surface area contributed by atoms with Crippen molar-refractivity contribution < 1.29 is 13.9 Å². The number of benzene rings is 1. The van der Waals surface area contributed by atoms with E-state index in [9.17, 15) is 9.18 Å². The number of nitrogens with one attached hydrogen (secondary N) is 1. The standard InChI is InChI=1S/C15H15FN2O2/c1-11-3-2-4-12(9-11)20-8-6-15(19)18-14-5-7-17-10-13(14)16/h2-5,7,9-10H,6,8H2,1H3,(H,17,18,19). The maximum atomic E-state index is 13.3. The highest BCUT2D eigenvalue weighted by molar-refractivity contribution is 5.90. The maximum Gasteiger partial charge on any atom is 0.227 e. The van der Waals surface area contributed by atoms with Gasteiger partial charge < -0.3 is 10.1 Å². The Morgan fingerprint density at radius 3 is 3.00 bits per heavy atom. The van der Waals surface area contributed by atoms with Crippen molar-refractivity contribution in [3.63, 3.8) is 0 Å². The first-order chi connectivity index (χ1) is 9.65. The van der Waals surface area contributed by atoms with Gasteiger partial charge in [-0.3, -0.25) is 9.78 Å². The number of halogens is 1. The quantitative estimate of drug-likeness (QED) is 0.912. The van der Waals surface area contributed by atoms with E-state index in [1.807, 2.05) is 31.2 Å². The van der Waals surface area contributed by atoms with Crippen LogP contribution in [0.2, 0.25) is 0 Å². The third-order valence-electron chi connectivity index (χ3n) is 2.63. The smallest absolute Gasteiger partial charge is 0.227 e. The predicted molar refractivity (Wildman–Crippen MR) is 74.1 cm³/mol. The number of aryl methyl sites for hydroxylation is 1. The first kappa shape index (κ1) is 14.0. The molecule has 5 heteroatoms. The van der Waals surface area contributed by atoms with E-state index >= 15 is 0 Å². The van der Waals surface area contributed by atoms with Gasteiger partial charge in [0.15, 0.2) is 5.82 Å². The zero-order valence-electron chi connectivity index (χ0n) is 11.1. The second kappa shape index (κ2) is 6.65. The molecular formula is C15H15FN2O2. The Morgan fingerprint density at radius 2 is 2.25 bits per heavy atom. The largest absolute Gasteiger partial charge is 0.493 e. The van der Waals surface area contributed by atoms with Gasteiger partial charge in [0.1, 0.15) is 5.75 Å². The number of amides is 1. The molecule has 1 heterocycles. The second-order valence-electron chi connectivity index (χ2n) is 4.32. The number of carbonyl (C=O) groups excluding carboxylic acids is 1. The number of pyridine rings is 1. The lowest BCUT2D eigenvalue weighted by Gasteiger charge is -2.08. The lowest BCUT2D eigenvalue weighted by Crippen LogP contribution is -2.16. The van der Waals surface area contributed by atoms with Gasteiger partial charge in [0.25, 0.3) is 0 Å². The van der Waals surface area contributed by atoms with Crippen LogP contribution >= 0.6 is 0 Å². The molecule has 0 unspecified atom stereocenters. The molecule has 0 radical (unpaired) electrons. The van der Waals surface area contributed by atoms with Gasteiger partial charge in [-0.2, -0.15) is 0 Å². The van der Waals surface area contributed by atoms with E-state index in [4.69, 9.17) is 4.74 Å². The van der Waals surface area contributed by atoms with E-state index in [1.54, 1.807) is 0 Å². The molecule has 104 valence electrons. The molecule has 1 N–H and O–H groups in total. The lowest BCUT2D eigenvalue weighted by atomic mass is 10.2. The topological polar surface area (TPSA) is 51.2 Å². The van der Waals surface area contributed by atoms with E-state index in [-0.39, 0.29) is 24.6 Å². The molecule has 20 heavy (non-hydrogen) atoms. The highest BCUT2D eigenvalue weighted by Gasteiger charge is 2.06. The van der Waals surface area contributed by atoms with Gasteiger partial charge in [-0.1, -0.05) is 12.1 Å². The summed E-state index contributed by atoms with van der Waals surface area (Å²) in [4.78, 5) is 15.3. The van der Waals surface area contributed by atoms with Crippen LogP contribution in [-0.4, -0.2) is 17.5 Å². The van der Waals surface area contributed by atoms with E-state index in [1.165, 1.54) is 12.3 Å². The summed E-state index contributed by atoms with van der Waals surface area (Å²) in [7, 11) is 0. The van der Waals surface area contributed by atoms with Crippen molar-refractivity contribution in [2.75, 3.05) is 11.9 Å². The molecule has 0 aliphatic carbocycles. The zero-order valence-corrected chi connectivity index (χ0v) is 11.1. The van der Waals surface area contributed by atoms with Crippen LogP contribution < -0.4 is 10.1 Å². The van der Waals surface area contributed by atoms with Gasteiger partial charge in [-0.25, -0.2) is 4.39 Å². The first-order valence-corrected chi connectivity index (χ1v) is 6.24. The molecule has 0 aliphatic rings. The van der Waals surface area contributed by atoms with Gasteiger partial charge in [0.2, 0.25) is 5.91 Å². The molecule has 1 aromatic heterocycles. The summed E-state index contributed by atoms with van der Waals surface area (Å²) in [6.45, 7) is 2.20. The molecule has 0 atom stereocenters. The molecule has 0 saturated heterocycles. The van der Waals surface area contributed by atoms with Crippen LogP contribution in [0.4, 0.5) is 10.1 Å². The van der Waals surface area contributed by atoms with Crippen LogP contribution in [0.3, 0.4) is 0 Å². The number of aromatic nitrogens is 1. The summed E-state index contributed by atoms with van der Waals surface area (Å²) < 4.78 is 18.7. The minimum atomic E-state index is -0.555. The molecule has 0 aliphatic heterocycles. The SMILES string of the molecule is Cc1cccc(OCCC(=O)Nc2ccncc2F)c1. The summed E-state index contributed by atoms with van der Waals surface area (Å²) in [5.74, 6) is -0.143. The van der Waals surface area contributed by atoms with Crippen LogP contribution in [0.25, 0.3) is 0 Å². The average molecular weight is 274 g/mol. The molecule has 4 nitrogen and oxygen atoms in total. The monoisotopic (exact) mass is 274 g/mol. The first-order valence-electron chi connectivity index (χ1n) is 6.24. The minimum Gasteiger partial charge on any atom is -0.493 e. The van der Waals surface area contributed by atoms with Crippen molar-refractivity contribution in [1.29, 1.82) is 0 Å². The fourth-order valence-corrected chi connectivity index (χ4v) is 1.66. The molecule has 2 rings (SSSR count). The molecule has 0 fully saturated rings. The van der Waals surface area contributed by atoms with E-state index < -0.39 is 5.82 Å². The molecule has 0 spiro atoms. The van der Waals surface area contributed by atoms with Crippen molar-refractivity contribution in [3.05, 3.63) is 54.1 Å². The third-order valence-corrected chi connectivity index (χ3v) is 2.63. The molecule has 0 bridgehead atoms. The number of nitrogens with zero attached hydrogens (tertiary/aromatic N) is 1. The van der Waals surface area contributed by atoms with Crippen molar-refractivity contribution in [2.24, 2.45) is 0 Å². The fourth-order valence-electron chi connectivity index (χ4n) is 1.66. The van der Waals surface area contributed by atoms with Gasteiger partial charge in [0, 0.05) is 6.20 Å². The highest BCUT2D eigenvalue weighted by atomic mass is 19.1. The number of anilines is 1. The number of ether oxygens (including phenoxy) is 1. The molecular weight excluding hydrogens is 259 g/mol. The normalized spacial score (nSPS) is 10.1. The highest BCUT2D eigenvalue weighted by Crippen LogP contribution is 2.13. The van der Waals surface area contributed by atoms with E-state index in [0.717, 1.165) is 11.8 Å². The van der Waals surface area contributed by atoms with E-state index in [2.05, 4.69) is 10.3 Å². The fraction of sp³-hybridized carbons (Fsp3) is 0.200. The second-order valence-corrected chi connectivity index (χ2v) is 4.32. The van der Waals surface area contributed by atoms with Gasteiger partial charge in [0.05, 0.1) is 24.9 Å². The summed E-state index contributed by atoms with van der Waals surface area (Å²) in [6, 6.07) is 8.98. The molecule has 0 saturated carbocycles. The van der Waals surface area contributed by atoms with Crippen LogP contribution in [0.1, 0.15) is 12.0 Å². The molecule has 1 amide bonds. The van der Waals surface area contributed by atoms with Crippen LogP contribution in [0, 0.1) is 12.7 Å². The van der Waals surface area contributed by atoms with Crippen LogP contribution in [-0.2, 0) is 4.79 Å². The average Bonchev–Trinajstić information content (AvgIpc) is 2.41. The molecule has 1 aromatic carbocycles. The van der Waals surface area contributed by atoms with Crippen LogP contribution in [0.5, 0.6) is 5.75 Å². The lowest BCUT2D eigenvalue weighted by molar-refractivity contribution is -0.116. The van der Waals surface area contributed by atoms with Crippen molar-refractivity contribution in [1.82, 2.24) is 4.98 Å². The van der Waals surface area contributed by atoms with E-state index in [0.29, 0.717) is 5.75 Å². The maximum absolute atomic E-state index is 13.3. The summed E-state index contributed by atoms with van der Waals surface area (Å²) >= 11 is 0. The Kier molecular flexibility index (Phi) is 4.65. The van der Waals surface area contributed by atoms with Crippen LogP contribution in [0.15, 0.2) is 42.7 Å².